The first-order chi connectivity index (χ1) is 15.9. The lowest BCUT2D eigenvalue weighted by molar-refractivity contribution is -0.143. The van der Waals surface area contributed by atoms with Crippen LogP contribution < -0.4 is 9.47 Å². The fraction of sp³-hybridized carbons (Fsp3) is 0.292. The average Bonchev–Trinajstić information content (AvgIpc) is 3.08. The van der Waals surface area contributed by atoms with Crippen molar-refractivity contribution in [3.8, 4) is 11.5 Å². The van der Waals surface area contributed by atoms with E-state index in [1.54, 1.807) is 25.3 Å². The molecule has 174 valence electrons. The number of carbonyl (C=O) groups is 2. The highest BCUT2D eigenvalue weighted by Crippen LogP contribution is 2.35. The number of ether oxygens (including phenoxy) is 3. The standard InChI is InChI=1S/C24H24ClNO5S2/c1-3-12-30-22(27)10-11-26-23(28)21(33-24(26)32)14-16-8-9-19(20(13-16)29-2)31-15-17-6-4-5-7-18(17)25/h4-9,13-14H,3,10-12,15H2,1-2H3/b21-14-. The summed E-state index contributed by atoms with van der Waals surface area (Å²) in [5.74, 6) is 0.524. The van der Waals surface area contributed by atoms with Crippen LogP contribution in [0.25, 0.3) is 6.08 Å². The van der Waals surface area contributed by atoms with Crippen LogP contribution >= 0.6 is 35.6 Å². The van der Waals surface area contributed by atoms with Crippen LogP contribution in [0.4, 0.5) is 0 Å². The number of methoxy groups -OCH3 is 1. The van der Waals surface area contributed by atoms with E-state index in [0.717, 1.165) is 17.5 Å². The van der Waals surface area contributed by atoms with Gasteiger partial charge in [-0.15, -0.1) is 0 Å². The first-order valence-corrected chi connectivity index (χ1v) is 12.0. The molecule has 0 atom stereocenters. The maximum absolute atomic E-state index is 12.8. The Balaban J connectivity index is 1.67. The normalized spacial score (nSPS) is 14.6. The number of carbonyl (C=O) groups excluding carboxylic acids is 2. The highest BCUT2D eigenvalue weighted by atomic mass is 35.5. The third-order valence-electron chi connectivity index (χ3n) is 4.71. The van der Waals surface area contributed by atoms with Crippen LogP contribution in [0.15, 0.2) is 47.4 Å². The molecule has 9 heteroatoms. The third kappa shape index (κ3) is 6.72. The number of halogens is 1. The molecule has 0 unspecified atom stereocenters. The minimum absolute atomic E-state index is 0.102. The van der Waals surface area contributed by atoms with E-state index in [0.29, 0.717) is 39.0 Å². The maximum atomic E-state index is 12.8. The van der Waals surface area contributed by atoms with E-state index in [4.69, 9.17) is 38.0 Å². The van der Waals surface area contributed by atoms with Crippen molar-refractivity contribution in [2.45, 2.75) is 26.4 Å². The molecule has 0 bridgehead atoms. The first-order valence-electron chi connectivity index (χ1n) is 10.4. The second kappa shape index (κ2) is 12.1. The Kier molecular flexibility index (Phi) is 9.17. The van der Waals surface area contributed by atoms with Crippen molar-refractivity contribution in [1.82, 2.24) is 4.90 Å². The predicted molar refractivity (Wildman–Crippen MR) is 135 cm³/mol. The van der Waals surface area contributed by atoms with Gasteiger partial charge in [-0.3, -0.25) is 14.5 Å². The number of benzene rings is 2. The van der Waals surface area contributed by atoms with Gasteiger partial charge in [0.15, 0.2) is 11.5 Å². The van der Waals surface area contributed by atoms with Crippen LogP contribution in [-0.2, 0) is 20.9 Å². The van der Waals surface area contributed by atoms with E-state index in [9.17, 15) is 9.59 Å². The molecular formula is C24H24ClNO5S2. The Morgan fingerprint density at radius 3 is 2.73 bits per heavy atom. The molecule has 0 radical (unpaired) electrons. The van der Waals surface area contributed by atoms with Gasteiger partial charge in [0.05, 0.1) is 25.0 Å². The van der Waals surface area contributed by atoms with E-state index < -0.39 is 0 Å². The summed E-state index contributed by atoms with van der Waals surface area (Å²) in [5, 5.41) is 0.633. The zero-order valence-electron chi connectivity index (χ0n) is 18.3. The molecule has 33 heavy (non-hydrogen) atoms. The van der Waals surface area contributed by atoms with Crippen LogP contribution in [0.5, 0.6) is 11.5 Å². The van der Waals surface area contributed by atoms with Gasteiger partial charge < -0.3 is 14.2 Å². The van der Waals surface area contributed by atoms with Crippen molar-refractivity contribution in [3.63, 3.8) is 0 Å². The molecule has 1 amide bonds. The van der Waals surface area contributed by atoms with Gasteiger partial charge in [0.2, 0.25) is 0 Å². The summed E-state index contributed by atoms with van der Waals surface area (Å²) in [5.41, 5.74) is 1.63. The first kappa shape index (κ1) is 25.1. The van der Waals surface area contributed by atoms with Gasteiger partial charge in [0, 0.05) is 17.1 Å². The van der Waals surface area contributed by atoms with Crippen molar-refractivity contribution < 1.29 is 23.8 Å². The van der Waals surface area contributed by atoms with Gasteiger partial charge in [0.25, 0.3) is 5.91 Å². The van der Waals surface area contributed by atoms with Gasteiger partial charge in [-0.05, 0) is 36.3 Å². The van der Waals surface area contributed by atoms with Crippen molar-refractivity contribution >= 4 is 57.9 Å². The quantitative estimate of drug-likeness (QED) is 0.241. The highest BCUT2D eigenvalue weighted by Gasteiger charge is 2.32. The van der Waals surface area contributed by atoms with E-state index in [1.165, 1.54) is 16.7 Å². The molecule has 2 aromatic rings. The van der Waals surface area contributed by atoms with E-state index in [-0.39, 0.29) is 24.8 Å². The van der Waals surface area contributed by atoms with Crippen molar-refractivity contribution in [2.75, 3.05) is 20.3 Å². The number of rotatable bonds is 10. The largest absolute Gasteiger partial charge is 0.493 e. The molecular weight excluding hydrogens is 482 g/mol. The van der Waals surface area contributed by atoms with Gasteiger partial charge >= 0.3 is 5.97 Å². The van der Waals surface area contributed by atoms with Crippen molar-refractivity contribution in [2.24, 2.45) is 0 Å². The van der Waals surface area contributed by atoms with Gasteiger partial charge in [-0.25, -0.2) is 0 Å². The summed E-state index contributed by atoms with van der Waals surface area (Å²) in [4.78, 5) is 26.4. The molecule has 0 saturated carbocycles. The molecule has 0 N–H and O–H groups in total. The molecule has 2 aromatic carbocycles. The molecule has 0 aliphatic carbocycles. The summed E-state index contributed by atoms with van der Waals surface area (Å²) < 4.78 is 16.8. The third-order valence-corrected chi connectivity index (χ3v) is 6.45. The molecule has 0 spiro atoms. The topological polar surface area (TPSA) is 65.1 Å². The molecule has 1 heterocycles. The summed E-state index contributed by atoms with van der Waals surface area (Å²) in [6, 6.07) is 12.9. The Morgan fingerprint density at radius 2 is 2.00 bits per heavy atom. The number of esters is 1. The number of amides is 1. The lowest BCUT2D eigenvalue weighted by Crippen LogP contribution is -2.30. The average molecular weight is 506 g/mol. The summed E-state index contributed by atoms with van der Waals surface area (Å²) in [6.45, 7) is 2.79. The SMILES string of the molecule is CCCOC(=O)CCN1C(=O)/C(=C/c2ccc(OCc3ccccc3Cl)c(OC)c2)SC1=S. The van der Waals surface area contributed by atoms with E-state index in [1.807, 2.05) is 37.3 Å². The van der Waals surface area contributed by atoms with Crippen LogP contribution in [0.1, 0.15) is 30.9 Å². The smallest absolute Gasteiger partial charge is 0.307 e. The second-order valence-corrected chi connectivity index (χ2v) is 9.18. The summed E-state index contributed by atoms with van der Waals surface area (Å²) in [6.07, 6.45) is 2.60. The number of thiocarbonyl (C=S) groups is 1. The second-order valence-electron chi connectivity index (χ2n) is 7.09. The van der Waals surface area contributed by atoms with Gasteiger partial charge in [-0.2, -0.15) is 0 Å². The minimum Gasteiger partial charge on any atom is -0.493 e. The predicted octanol–water partition coefficient (Wildman–Crippen LogP) is 5.47. The lowest BCUT2D eigenvalue weighted by atomic mass is 10.1. The molecule has 3 rings (SSSR count). The van der Waals surface area contributed by atoms with Crippen LogP contribution in [0.2, 0.25) is 5.02 Å². The summed E-state index contributed by atoms with van der Waals surface area (Å²) >= 11 is 12.7. The number of nitrogens with zero attached hydrogens (tertiary/aromatic N) is 1. The Bertz CT molecular complexity index is 1070. The highest BCUT2D eigenvalue weighted by molar-refractivity contribution is 8.26. The van der Waals surface area contributed by atoms with Crippen molar-refractivity contribution in [1.29, 1.82) is 0 Å². The van der Waals surface area contributed by atoms with Crippen molar-refractivity contribution in [3.05, 3.63) is 63.5 Å². The van der Waals surface area contributed by atoms with Gasteiger partial charge in [-0.1, -0.05) is 66.8 Å². The molecule has 0 aromatic heterocycles. The zero-order valence-corrected chi connectivity index (χ0v) is 20.7. The Hall–Kier alpha value is -2.55. The summed E-state index contributed by atoms with van der Waals surface area (Å²) in [7, 11) is 1.55. The van der Waals surface area contributed by atoms with Crippen LogP contribution in [0, 0.1) is 0 Å². The maximum Gasteiger partial charge on any atom is 0.307 e. The molecule has 6 nitrogen and oxygen atoms in total. The number of hydrogen-bond acceptors (Lipinski definition) is 7. The Morgan fingerprint density at radius 1 is 1.21 bits per heavy atom. The van der Waals surface area contributed by atoms with E-state index in [2.05, 4.69) is 0 Å². The molecule has 1 aliphatic rings. The Labute approximate surface area is 207 Å². The minimum atomic E-state index is -0.341. The van der Waals surface area contributed by atoms with E-state index >= 15 is 0 Å². The van der Waals surface area contributed by atoms with Gasteiger partial charge in [0.1, 0.15) is 10.9 Å². The molecule has 1 saturated heterocycles. The fourth-order valence-corrected chi connectivity index (χ4v) is 4.50. The number of hydrogen-bond donors (Lipinski definition) is 0. The number of thioether (sulfide) groups is 1. The fourth-order valence-electron chi connectivity index (χ4n) is 3.00. The van der Waals surface area contributed by atoms with Crippen LogP contribution in [-0.4, -0.2) is 41.4 Å². The van der Waals surface area contributed by atoms with Crippen LogP contribution in [0.3, 0.4) is 0 Å². The molecule has 1 aliphatic heterocycles. The zero-order chi connectivity index (χ0) is 23.8. The molecule has 1 fully saturated rings. The monoisotopic (exact) mass is 505 g/mol. The lowest BCUT2D eigenvalue weighted by Gasteiger charge is -2.13.